The average molecular weight is 591 g/mol. The Balaban J connectivity index is 1.19. The molecule has 2 atom stereocenters. The summed E-state index contributed by atoms with van der Waals surface area (Å²) in [6.45, 7) is 1.52. The Labute approximate surface area is 259 Å². The van der Waals surface area contributed by atoms with Crippen molar-refractivity contribution in [1.29, 1.82) is 0 Å². The molecule has 1 fully saturated rings. The minimum absolute atomic E-state index is 0.0686. The van der Waals surface area contributed by atoms with Crippen molar-refractivity contribution in [2.24, 2.45) is 5.73 Å². The van der Waals surface area contributed by atoms with E-state index in [1.807, 2.05) is 66.7 Å². The van der Waals surface area contributed by atoms with Gasteiger partial charge in [-0.3, -0.25) is 14.4 Å². The van der Waals surface area contributed by atoms with Crippen LogP contribution in [0.1, 0.15) is 43.2 Å². The molecule has 7 heteroatoms. The summed E-state index contributed by atoms with van der Waals surface area (Å²) in [5.74, 6) is -0.542. The molecule has 1 heterocycles. The topological polar surface area (TPSA) is 105 Å². The molecule has 5 rings (SSSR count). The number of hydrogen-bond acceptors (Lipinski definition) is 4. The third-order valence-electron chi connectivity index (χ3n) is 8.42. The number of benzene rings is 4. The highest BCUT2D eigenvalue weighted by Crippen LogP contribution is 2.24. The normalized spacial score (nSPS) is 15.2. The summed E-state index contributed by atoms with van der Waals surface area (Å²) in [7, 11) is 0. The molecule has 3 amide bonds. The molecule has 0 saturated carbocycles. The van der Waals surface area contributed by atoms with E-state index < -0.39 is 12.1 Å². The molecule has 0 radical (unpaired) electrons. The maximum Gasteiger partial charge on any atom is 0.243 e. The fourth-order valence-corrected chi connectivity index (χ4v) is 6.07. The van der Waals surface area contributed by atoms with E-state index in [2.05, 4.69) is 41.0 Å². The van der Waals surface area contributed by atoms with Gasteiger partial charge in [-0.15, -0.1) is 0 Å². The molecule has 0 unspecified atom stereocenters. The Bertz CT molecular complexity index is 1570. The van der Waals surface area contributed by atoms with Crippen molar-refractivity contribution in [2.45, 2.75) is 57.0 Å². The minimum atomic E-state index is -0.680. The summed E-state index contributed by atoms with van der Waals surface area (Å²) < 4.78 is 0. The summed E-state index contributed by atoms with van der Waals surface area (Å²) in [5.41, 5.74) is 10.1. The van der Waals surface area contributed by atoms with Gasteiger partial charge in [-0.2, -0.15) is 0 Å². The van der Waals surface area contributed by atoms with E-state index in [0.29, 0.717) is 38.9 Å². The number of carbonyl (C=O) groups is 3. The molecule has 1 aliphatic heterocycles. The highest BCUT2D eigenvalue weighted by Gasteiger charge is 2.35. The Morgan fingerprint density at radius 3 is 2.45 bits per heavy atom. The number of amides is 3. The number of nitrogens with zero attached hydrogens (tertiary/aromatic N) is 1. The fraction of sp³-hybridized carbons (Fsp3) is 0.324. The van der Waals surface area contributed by atoms with E-state index in [9.17, 15) is 14.4 Å². The van der Waals surface area contributed by atoms with Gasteiger partial charge in [0.25, 0.3) is 0 Å². The number of fused-ring (bicyclic) bond motifs is 1. The first-order valence-electron chi connectivity index (χ1n) is 15.7. The summed E-state index contributed by atoms with van der Waals surface area (Å²) >= 11 is 0. The quantitative estimate of drug-likeness (QED) is 0.190. The second-order valence-corrected chi connectivity index (χ2v) is 11.5. The number of unbranched alkanes of at least 4 members (excludes halogenated alkanes) is 1. The Kier molecular flexibility index (Phi) is 10.8. The lowest BCUT2D eigenvalue weighted by molar-refractivity contribution is -0.139. The standard InChI is InChI=1S/C37H42N4O3/c38-22-7-6-19-33(36(43)39-23-21-27-11-8-16-30(25-27)28-12-2-1-3-13-28)40-37(44)34-20-10-24-41(34)35(42)26-31-17-9-15-29-14-4-5-18-32(29)31/h1-5,8-9,11-18,25,33-34H,6-7,10,19-24,26,38H2,(H,39,43)(H,40,44)/t33-,34-/m0/s1. The molecule has 44 heavy (non-hydrogen) atoms. The van der Waals surface area contributed by atoms with Crippen LogP contribution in [0.15, 0.2) is 97.1 Å². The van der Waals surface area contributed by atoms with Gasteiger partial charge < -0.3 is 21.3 Å². The second kappa shape index (κ2) is 15.3. The third kappa shape index (κ3) is 7.91. The number of rotatable bonds is 13. The zero-order chi connectivity index (χ0) is 30.7. The van der Waals surface area contributed by atoms with Gasteiger partial charge in [0.15, 0.2) is 0 Å². The summed E-state index contributed by atoms with van der Waals surface area (Å²) in [6, 6.07) is 31.2. The van der Waals surface area contributed by atoms with Crippen molar-refractivity contribution in [1.82, 2.24) is 15.5 Å². The van der Waals surface area contributed by atoms with E-state index in [0.717, 1.165) is 52.3 Å². The van der Waals surface area contributed by atoms with Crippen LogP contribution in [0.2, 0.25) is 0 Å². The maximum atomic E-state index is 13.5. The van der Waals surface area contributed by atoms with Gasteiger partial charge in [0.05, 0.1) is 6.42 Å². The van der Waals surface area contributed by atoms with Crippen LogP contribution in [-0.4, -0.2) is 54.3 Å². The highest BCUT2D eigenvalue weighted by molar-refractivity contribution is 5.94. The van der Waals surface area contributed by atoms with Crippen molar-refractivity contribution >= 4 is 28.5 Å². The van der Waals surface area contributed by atoms with Gasteiger partial charge >= 0.3 is 0 Å². The number of hydrogen-bond donors (Lipinski definition) is 3. The van der Waals surface area contributed by atoms with Gasteiger partial charge in [0.2, 0.25) is 17.7 Å². The number of nitrogens with two attached hydrogens (primary N) is 1. The first-order chi connectivity index (χ1) is 21.5. The number of likely N-dealkylation sites (tertiary alicyclic amines) is 1. The molecule has 4 N–H and O–H groups in total. The third-order valence-corrected chi connectivity index (χ3v) is 8.42. The highest BCUT2D eigenvalue weighted by atomic mass is 16.2. The molecule has 4 aromatic rings. The second-order valence-electron chi connectivity index (χ2n) is 11.5. The van der Waals surface area contributed by atoms with Crippen molar-refractivity contribution in [3.63, 3.8) is 0 Å². The summed E-state index contributed by atoms with van der Waals surface area (Å²) in [6.07, 6.45) is 4.24. The molecule has 228 valence electrons. The average Bonchev–Trinajstić information content (AvgIpc) is 3.56. The van der Waals surface area contributed by atoms with Crippen LogP contribution in [-0.2, 0) is 27.2 Å². The summed E-state index contributed by atoms with van der Waals surface area (Å²) in [5, 5.41) is 8.16. The number of nitrogens with one attached hydrogen (secondary N) is 2. The van der Waals surface area contributed by atoms with Crippen LogP contribution in [0, 0.1) is 0 Å². The van der Waals surface area contributed by atoms with E-state index >= 15 is 0 Å². The van der Waals surface area contributed by atoms with Crippen LogP contribution < -0.4 is 16.4 Å². The van der Waals surface area contributed by atoms with Crippen LogP contribution >= 0.6 is 0 Å². The summed E-state index contributed by atoms with van der Waals surface area (Å²) in [4.78, 5) is 42.0. The molecule has 1 saturated heterocycles. The van der Waals surface area contributed by atoms with E-state index in [-0.39, 0.29) is 24.1 Å². The zero-order valence-corrected chi connectivity index (χ0v) is 25.2. The minimum Gasteiger partial charge on any atom is -0.354 e. The smallest absolute Gasteiger partial charge is 0.243 e. The Morgan fingerprint density at radius 2 is 1.61 bits per heavy atom. The lowest BCUT2D eigenvalue weighted by Gasteiger charge is -2.27. The fourth-order valence-electron chi connectivity index (χ4n) is 6.07. The Morgan fingerprint density at radius 1 is 0.864 bits per heavy atom. The first kappa shape index (κ1) is 31.0. The zero-order valence-electron chi connectivity index (χ0n) is 25.2. The van der Waals surface area contributed by atoms with E-state index in [1.54, 1.807) is 4.90 Å². The van der Waals surface area contributed by atoms with Gasteiger partial charge in [0.1, 0.15) is 12.1 Å². The molecule has 0 aromatic heterocycles. The number of carbonyl (C=O) groups excluding carboxylic acids is 3. The van der Waals surface area contributed by atoms with Crippen molar-refractivity contribution in [2.75, 3.05) is 19.6 Å². The molecule has 7 nitrogen and oxygen atoms in total. The molecule has 4 aromatic carbocycles. The van der Waals surface area contributed by atoms with Crippen LogP contribution in [0.5, 0.6) is 0 Å². The molecule has 0 spiro atoms. The predicted octanol–water partition coefficient (Wildman–Crippen LogP) is 5.01. The van der Waals surface area contributed by atoms with Crippen molar-refractivity contribution < 1.29 is 14.4 Å². The molecule has 0 bridgehead atoms. The van der Waals surface area contributed by atoms with Crippen LogP contribution in [0.25, 0.3) is 21.9 Å². The lowest BCUT2D eigenvalue weighted by Crippen LogP contribution is -2.53. The predicted molar refractivity (Wildman–Crippen MR) is 176 cm³/mol. The Hall–Kier alpha value is -4.49. The largest absolute Gasteiger partial charge is 0.354 e. The molecular weight excluding hydrogens is 548 g/mol. The van der Waals surface area contributed by atoms with Gasteiger partial charge in [0, 0.05) is 13.1 Å². The van der Waals surface area contributed by atoms with Crippen molar-refractivity contribution in [3.05, 3.63) is 108 Å². The SMILES string of the molecule is NCCCC[C@H](NC(=O)[C@@H]1CCCN1C(=O)Cc1cccc2ccccc12)C(=O)NCCc1cccc(-c2ccccc2)c1. The van der Waals surface area contributed by atoms with Gasteiger partial charge in [-0.25, -0.2) is 0 Å². The molecule has 1 aliphatic rings. The molecule has 0 aliphatic carbocycles. The lowest BCUT2D eigenvalue weighted by atomic mass is 10.0. The van der Waals surface area contributed by atoms with Gasteiger partial charge in [-0.05, 0) is 78.1 Å². The molecular formula is C37H42N4O3. The van der Waals surface area contributed by atoms with Crippen molar-refractivity contribution in [3.8, 4) is 11.1 Å². The van der Waals surface area contributed by atoms with E-state index in [4.69, 9.17) is 5.73 Å². The van der Waals surface area contributed by atoms with Crippen LogP contribution in [0.3, 0.4) is 0 Å². The van der Waals surface area contributed by atoms with Crippen LogP contribution in [0.4, 0.5) is 0 Å². The van der Waals surface area contributed by atoms with Gasteiger partial charge in [-0.1, -0.05) is 97.1 Å². The van der Waals surface area contributed by atoms with E-state index in [1.165, 1.54) is 0 Å². The first-order valence-corrected chi connectivity index (χ1v) is 15.7. The maximum absolute atomic E-state index is 13.5. The monoisotopic (exact) mass is 590 g/mol.